The molecule has 1 atom stereocenters. The maximum atomic E-state index is 2.60. The molecule has 0 bridgehead atoms. The third-order valence-electron chi connectivity index (χ3n) is 18.8. The zero-order chi connectivity index (χ0) is 54.4. The van der Waals surface area contributed by atoms with E-state index < -0.39 is 10.8 Å². The van der Waals surface area contributed by atoms with E-state index in [1.807, 2.05) is 0 Å². The molecule has 2 aromatic heterocycles. The summed E-state index contributed by atoms with van der Waals surface area (Å²) in [5.74, 6) is 0. The fourth-order valence-electron chi connectivity index (χ4n) is 15.7. The average molecular weight is 1050 g/mol. The number of para-hydroxylation sites is 5. The second-order valence-corrected chi connectivity index (χ2v) is 22.6. The molecule has 2 aliphatic carbocycles. The maximum Gasteiger partial charge on any atom is 0.0755 e. The summed E-state index contributed by atoms with van der Waals surface area (Å²) in [5, 5.41) is 5.02. The summed E-state index contributed by atoms with van der Waals surface area (Å²) in [4.78, 5) is 2.60. The van der Waals surface area contributed by atoms with Crippen molar-refractivity contribution in [2.75, 3.05) is 4.90 Å². The monoisotopic (exact) mass is 1050 g/mol. The lowest BCUT2D eigenvalue weighted by Gasteiger charge is -2.39. The van der Waals surface area contributed by atoms with Gasteiger partial charge in [-0.15, -0.1) is 0 Å². The maximum absolute atomic E-state index is 2.60. The number of hydrogen-bond acceptors (Lipinski definition) is 1. The zero-order valence-corrected chi connectivity index (χ0v) is 45.3. The molecule has 0 saturated heterocycles. The van der Waals surface area contributed by atoms with E-state index in [0.717, 1.165) is 28.3 Å². The van der Waals surface area contributed by atoms with Gasteiger partial charge in [-0.25, -0.2) is 0 Å². The van der Waals surface area contributed by atoms with E-state index in [4.69, 9.17) is 0 Å². The molecule has 0 N–H and O–H groups in total. The zero-order valence-electron chi connectivity index (χ0n) is 45.3. The van der Waals surface area contributed by atoms with Gasteiger partial charge in [0.15, 0.2) is 0 Å². The van der Waals surface area contributed by atoms with Gasteiger partial charge in [-0.2, -0.15) is 0 Å². The first-order valence-corrected chi connectivity index (χ1v) is 28.9. The van der Waals surface area contributed by atoms with Gasteiger partial charge < -0.3 is 14.0 Å². The van der Waals surface area contributed by atoms with Crippen molar-refractivity contribution < 1.29 is 0 Å². The Kier molecular flexibility index (Phi) is 9.64. The number of aromatic nitrogens is 2. The third-order valence-corrected chi connectivity index (χ3v) is 18.8. The molecule has 1 unspecified atom stereocenters. The van der Waals surface area contributed by atoms with Gasteiger partial charge in [0, 0.05) is 44.0 Å². The van der Waals surface area contributed by atoms with Gasteiger partial charge in [-0.1, -0.05) is 243 Å². The van der Waals surface area contributed by atoms with Crippen molar-refractivity contribution in [1.82, 2.24) is 9.13 Å². The lowest BCUT2D eigenvalue weighted by Crippen LogP contribution is -2.33. The molecular formula is C80H51N3. The van der Waals surface area contributed by atoms with Crippen molar-refractivity contribution in [3.8, 4) is 44.8 Å². The summed E-state index contributed by atoms with van der Waals surface area (Å²) >= 11 is 0. The smallest absolute Gasteiger partial charge is 0.0755 e. The molecular weight excluding hydrogens is 1000 g/mol. The van der Waals surface area contributed by atoms with Crippen LogP contribution in [0.25, 0.3) is 88.4 Å². The van der Waals surface area contributed by atoms with Crippen molar-refractivity contribution in [3.05, 3.63) is 354 Å². The van der Waals surface area contributed by atoms with Crippen molar-refractivity contribution in [2.45, 2.75) is 10.8 Å². The summed E-state index contributed by atoms with van der Waals surface area (Å²) in [6, 6.07) is 116. The van der Waals surface area contributed by atoms with Gasteiger partial charge >= 0.3 is 0 Å². The topological polar surface area (TPSA) is 13.1 Å². The third kappa shape index (κ3) is 6.07. The van der Waals surface area contributed by atoms with Crippen LogP contribution in [0.15, 0.2) is 309 Å². The molecule has 3 nitrogen and oxygen atoms in total. The first kappa shape index (κ1) is 46.1. The lowest BCUT2D eigenvalue weighted by molar-refractivity contribution is 0.748. The molecule has 3 aliphatic rings. The summed E-state index contributed by atoms with van der Waals surface area (Å²) < 4.78 is 4.93. The Hall–Kier alpha value is -10.7. The molecule has 0 amide bonds. The van der Waals surface area contributed by atoms with Gasteiger partial charge in [0.2, 0.25) is 0 Å². The van der Waals surface area contributed by atoms with E-state index >= 15 is 0 Å². The number of anilines is 3. The predicted molar refractivity (Wildman–Crippen MR) is 343 cm³/mol. The number of nitrogens with zero attached hydrogens (tertiary/aromatic N) is 3. The SMILES string of the molecule is c1ccc(-n2c3ccccc3c3cc(-c4ccc(N(c5cccc6c5-c5ccccc5C6(c5ccccc5)c5ccccc5)c5cccc6c5-c5ccccc5C65c6ccccc6-n6c7ccccc7c7cccc5c76)cc4)ccc32)cc1. The van der Waals surface area contributed by atoms with E-state index in [2.05, 4.69) is 323 Å². The van der Waals surface area contributed by atoms with Crippen molar-refractivity contribution in [2.24, 2.45) is 0 Å². The van der Waals surface area contributed by atoms with Crippen LogP contribution in [-0.2, 0) is 10.8 Å². The van der Waals surface area contributed by atoms with Gasteiger partial charge in [0.05, 0.1) is 50.0 Å². The minimum absolute atomic E-state index is 0.583. The first-order chi connectivity index (χ1) is 41.2. The summed E-state index contributed by atoms with van der Waals surface area (Å²) in [6.07, 6.45) is 0. The molecule has 1 spiro atoms. The second kappa shape index (κ2) is 17.4. The Balaban J connectivity index is 0.908. The van der Waals surface area contributed by atoms with Crippen LogP contribution in [0.3, 0.4) is 0 Å². The Bertz CT molecular complexity index is 5110. The highest BCUT2D eigenvalue weighted by atomic mass is 15.2. The van der Waals surface area contributed by atoms with Gasteiger partial charge in [-0.3, -0.25) is 0 Å². The van der Waals surface area contributed by atoms with E-state index in [0.29, 0.717) is 0 Å². The highest BCUT2D eigenvalue weighted by Gasteiger charge is 2.52. The Labute approximate surface area is 481 Å². The molecule has 386 valence electrons. The average Bonchev–Trinajstić information content (AvgIpc) is 1.96. The quantitative estimate of drug-likeness (QED) is 0.155. The predicted octanol–water partition coefficient (Wildman–Crippen LogP) is 20.1. The fourth-order valence-corrected chi connectivity index (χ4v) is 15.7. The molecule has 3 heteroatoms. The second-order valence-electron chi connectivity index (χ2n) is 22.6. The number of rotatable bonds is 7. The molecule has 3 heterocycles. The van der Waals surface area contributed by atoms with Crippen LogP contribution in [0, 0.1) is 0 Å². The Morgan fingerprint density at radius 2 is 0.735 bits per heavy atom. The highest BCUT2D eigenvalue weighted by Crippen LogP contribution is 2.65. The molecule has 83 heavy (non-hydrogen) atoms. The van der Waals surface area contributed by atoms with Gasteiger partial charge in [0.25, 0.3) is 0 Å². The van der Waals surface area contributed by atoms with Gasteiger partial charge in [0.1, 0.15) is 0 Å². The number of fused-ring (bicyclic) bond motifs is 18. The molecule has 13 aromatic carbocycles. The summed E-state index contributed by atoms with van der Waals surface area (Å²) in [6.45, 7) is 0. The van der Waals surface area contributed by atoms with Crippen LogP contribution in [0.5, 0.6) is 0 Å². The summed E-state index contributed by atoms with van der Waals surface area (Å²) in [5.41, 5.74) is 26.9. The first-order valence-electron chi connectivity index (χ1n) is 28.9. The number of hydrogen-bond donors (Lipinski definition) is 0. The minimum atomic E-state index is -0.624. The van der Waals surface area contributed by atoms with Crippen LogP contribution in [-0.4, -0.2) is 9.13 Å². The standard InChI is InChI=1S/C80H51N3/c1-4-23-54(24-5-1)79(55-25-6-2-7-26-55)64-34-14-10-31-61(64)76-67(79)37-21-43-74(76)82(57-48-45-52(46-49-57)53-47-50-72-63(51-53)59-30-13-17-40-70(59)81(72)56-27-8-3-9-28-56)75-44-22-38-68-77(75)62-32-11-15-35-65(62)80(68)66-36-16-19-42-73(66)83-71-41-18-12-29-58(71)60-33-20-39-69(80)78(60)83/h1-51H. The van der Waals surface area contributed by atoms with Crippen LogP contribution >= 0.6 is 0 Å². The Morgan fingerprint density at radius 1 is 0.277 bits per heavy atom. The van der Waals surface area contributed by atoms with Crippen LogP contribution < -0.4 is 4.90 Å². The highest BCUT2D eigenvalue weighted by molar-refractivity contribution is 6.14. The van der Waals surface area contributed by atoms with E-state index in [1.54, 1.807) is 0 Å². The molecule has 1 aliphatic heterocycles. The van der Waals surface area contributed by atoms with Crippen molar-refractivity contribution in [1.29, 1.82) is 0 Å². The van der Waals surface area contributed by atoms with Crippen molar-refractivity contribution >= 4 is 60.7 Å². The lowest BCUT2D eigenvalue weighted by atomic mass is 9.65. The number of benzene rings is 13. The van der Waals surface area contributed by atoms with Crippen LogP contribution in [0.4, 0.5) is 17.1 Å². The fraction of sp³-hybridized carbons (Fsp3) is 0.0250. The molecule has 0 radical (unpaired) electrons. The summed E-state index contributed by atoms with van der Waals surface area (Å²) in [7, 11) is 0. The van der Waals surface area contributed by atoms with Crippen LogP contribution in [0.2, 0.25) is 0 Å². The van der Waals surface area contributed by atoms with E-state index in [1.165, 1.54) is 122 Å². The molecule has 0 saturated carbocycles. The largest absolute Gasteiger partial charge is 0.309 e. The Morgan fingerprint density at radius 3 is 1.40 bits per heavy atom. The molecule has 15 aromatic rings. The van der Waals surface area contributed by atoms with Gasteiger partial charge in [-0.05, 0) is 133 Å². The van der Waals surface area contributed by atoms with Crippen molar-refractivity contribution in [3.63, 3.8) is 0 Å². The normalized spacial score (nSPS) is 14.9. The molecule has 18 rings (SSSR count). The minimum Gasteiger partial charge on any atom is -0.309 e. The molecule has 0 fully saturated rings. The van der Waals surface area contributed by atoms with E-state index in [-0.39, 0.29) is 0 Å². The van der Waals surface area contributed by atoms with Crippen LogP contribution in [0.1, 0.15) is 44.5 Å². The van der Waals surface area contributed by atoms with E-state index in [9.17, 15) is 0 Å².